The van der Waals surface area contributed by atoms with Crippen LogP contribution in [0.5, 0.6) is 0 Å². The number of amides is 1. The van der Waals surface area contributed by atoms with Gasteiger partial charge in [0.15, 0.2) is 0 Å². The molecule has 2 fully saturated rings. The van der Waals surface area contributed by atoms with E-state index in [2.05, 4.69) is 5.32 Å². The molecule has 2 heterocycles. The molecule has 2 aliphatic rings. The zero-order valence-corrected chi connectivity index (χ0v) is 11.3. The number of rotatable bonds is 4. The second kappa shape index (κ2) is 5.46. The molecule has 19 heavy (non-hydrogen) atoms. The molecule has 0 saturated carbocycles. The number of nitrogens with zero attached hydrogens (tertiary/aromatic N) is 1. The van der Waals surface area contributed by atoms with Crippen molar-refractivity contribution in [1.29, 1.82) is 0 Å². The number of nitrogens with one attached hydrogen (secondary N) is 1. The summed E-state index contributed by atoms with van der Waals surface area (Å²) in [6.45, 7) is 3.57. The van der Waals surface area contributed by atoms with Crippen molar-refractivity contribution < 1.29 is 19.8 Å². The Morgan fingerprint density at radius 1 is 1.47 bits per heavy atom. The van der Waals surface area contributed by atoms with Crippen LogP contribution in [0.4, 0.5) is 0 Å². The van der Waals surface area contributed by atoms with Crippen LogP contribution in [0, 0.1) is 5.41 Å². The summed E-state index contributed by atoms with van der Waals surface area (Å²) in [6.07, 6.45) is 1.81. The Labute approximate surface area is 112 Å². The third-order valence-electron chi connectivity index (χ3n) is 4.25. The van der Waals surface area contributed by atoms with E-state index in [4.69, 9.17) is 0 Å². The summed E-state index contributed by atoms with van der Waals surface area (Å²) >= 11 is 0. The van der Waals surface area contributed by atoms with Crippen LogP contribution in [-0.2, 0) is 9.59 Å². The van der Waals surface area contributed by atoms with Crippen LogP contribution in [-0.4, -0.2) is 58.8 Å². The normalized spacial score (nSPS) is 34.7. The lowest BCUT2D eigenvalue weighted by Gasteiger charge is -2.33. The third-order valence-corrected chi connectivity index (χ3v) is 4.25. The van der Waals surface area contributed by atoms with Crippen LogP contribution in [0.1, 0.15) is 32.6 Å². The van der Waals surface area contributed by atoms with E-state index in [-0.39, 0.29) is 18.9 Å². The Bertz CT molecular complexity index is 366. The van der Waals surface area contributed by atoms with Crippen LogP contribution in [0.25, 0.3) is 0 Å². The summed E-state index contributed by atoms with van der Waals surface area (Å²) in [4.78, 5) is 25.3. The van der Waals surface area contributed by atoms with Gasteiger partial charge in [0.1, 0.15) is 6.04 Å². The summed E-state index contributed by atoms with van der Waals surface area (Å²) in [7, 11) is 0. The molecule has 2 aliphatic heterocycles. The number of hydrogen-bond acceptors (Lipinski definition) is 4. The maximum Gasteiger partial charge on any atom is 0.326 e. The second-order valence-electron chi connectivity index (χ2n) is 5.66. The molecule has 3 N–H and O–H groups in total. The van der Waals surface area contributed by atoms with Crippen molar-refractivity contribution in [2.75, 3.05) is 19.6 Å². The van der Waals surface area contributed by atoms with Crippen molar-refractivity contribution >= 4 is 11.9 Å². The third kappa shape index (κ3) is 2.60. The number of carboxylic acid groups (broad SMARTS) is 1. The van der Waals surface area contributed by atoms with Gasteiger partial charge in [0.05, 0.1) is 11.5 Å². The van der Waals surface area contributed by atoms with Crippen molar-refractivity contribution in [1.82, 2.24) is 10.2 Å². The van der Waals surface area contributed by atoms with E-state index in [1.165, 1.54) is 4.90 Å². The first-order valence-corrected chi connectivity index (χ1v) is 6.93. The summed E-state index contributed by atoms with van der Waals surface area (Å²) in [5, 5.41) is 22.0. The van der Waals surface area contributed by atoms with Gasteiger partial charge in [0.25, 0.3) is 0 Å². The molecule has 108 valence electrons. The van der Waals surface area contributed by atoms with Gasteiger partial charge in [0, 0.05) is 19.5 Å². The molecule has 0 aliphatic carbocycles. The number of carbonyl (C=O) groups excluding carboxylic acids is 1. The Morgan fingerprint density at radius 2 is 2.21 bits per heavy atom. The average molecular weight is 270 g/mol. The van der Waals surface area contributed by atoms with Gasteiger partial charge in [-0.15, -0.1) is 0 Å². The van der Waals surface area contributed by atoms with Gasteiger partial charge in [-0.2, -0.15) is 0 Å². The van der Waals surface area contributed by atoms with Crippen LogP contribution in [0.15, 0.2) is 0 Å². The van der Waals surface area contributed by atoms with E-state index in [1.807, 2.05) is 6.92 Å². The maximum atomic E-state index is 12.7. The first-order valence-electron chi connectivity index (χ1n) is 6.93. The highest BCUT2D eigenvalue weighted by atomic mass is 16.4. The Morgan fingerprint density at radius 3 is 2.74 bits per heavy atom. The fourth-order valence-corrected chi connectivity index (χ4v) is 3.30. The standard InChI is InChI=1S/C13H22N2O4/c1-2-3-13(4-5-14-8-13)12(19)15-7-9(16)6-10(15)11(17)18/h9-10,14,16H,2-8H2,1H3,(H,17,18)/t9?,10-,13?/m0/s1. The molecular formula is C13H22N2O4. The molecule has 0 aromatic carbocycles. The van der Waals surface area contributed by atoms with Crippen molar-refractivity contribution in [2.45, 2.75) is 44.8 Å². The number of likely N-dealkylation sites (tertiary alicyclic amines) is 1. The zero-order valence-electron chi connectivity index (χ0n) is 11.3. The largest absolute Gasteiger partial charge is 0.480 e. The van der Waals surface area contributed by atoms with Crippen LogP contribution < -0.4 is 5.32 Å². The highest BCUT2D eigenvalue weighted by molar-refractivity contribution is 5.88. The molecule has 2 unspecified atom stereocenters. The molecule has 2 saturated heterocycles. The smallest absolute Gasteiger partial charge is 0.326 e. The van der Waals surface area contributed by atoms with E-state index in [1.54, 1.807) is 0 Å². The maximum absolute atomic E-state index is 12.7. The van der Waals surface area contributed by atoms with Crippen LogP contribution in [0.2, 0.25) is 0 Å². The second-order valence-corrected chi connectivity index (χ2v) is 5.66. The number of aliphatic hydroxyl groups is 1. The number of β-amino-alcohol motifs (C(OH)–C–C–N with tert-alkyl or cyclic N) is 1. The fourth-order valence-electron chi connectivity index (χ4n) is 3.30. The highest BCUT2D eigenvalue weighted by Crippen LogP contribution is 2.35. The number of aliphatic carboxylic acids is 1. The van der Waals surface area contributed by atoms with Gasteiger partial charge in [-0.3, -0.25) is 4.79 Å². The van der Waals surface area contributed by atoms with E-state index in [0.717, 1.165) is 25.8 Å². The molecule has 3 atom stereocenters. The SMILES string of the molecule is CCCC1(C(=O)N2CC(O)C[C@H]2C(=O)O)CCNC1. The van der Waals surface area contributed by atoms with E-state index in [9.17, 15) is 19.8 Å². The topological polar surface area (TPSA) is 89.9 Å². The van der Waals surface area contributed by atoms with Crippen LogP contribution in [0.3, 0.4) is 0 Å². The molecule has 6 nitrogen and oxygen atoms in total. The quantitative estimate of drug-likeness (QED) is 0.659. The first kappa shape index (κ1) is 14.3. The van der Waals surface area contributed by atoms with Gasteiger partial charge < -0.3 is 20.4 Å². The summed E-state index contributed by atoms with van der Waals surface area (Å²) < 4.78 is 0. The number of aliphatic hydroxyl groups excluding tert-OH is 1. The minimum Gasteiger partial charge on any atom is -0.480 e. The Balaban J connectivity index is 2.19. The zero-order chi connectivity index (χ0) is 14.0. The minimum absolute atomic E-state index is 0.108. The highest BCUT2D eigenvalue weighted by Gasteiger charge is 2.48. The molecule has 1 amide bonds. The molecular weight excluding hydrogens is 248 g/mol. The predicted octanol–water partition coefficient (Wildman–Crippen LogP) is -0.187. The van der Waals surface area contributed by atoms with Crippen molar-refractivity contribution in [3.05, 3.63) is 0 Å². The predicted molar refractivity (Wildman–Crippen MR) is 68.6 cm³/mol. The monoisotopic (exact) mass is 270 g/mol. The first-order chi connectivity index (χ1) is 9.00. The van der Waals surface area contributed by atoms with Gasteiger partial charge in [-0.05, 0) is 19.4 Å². The summed E-state index contributed by atoms with van der Waals surface area (Å²) in [5.41, 5.74) is -0.480. The molecule has 0 aromatic heterocycles. The van der Waals surface area contributed by atoms with Gasteiger partial charge in [-0.25, -0.2) is 4.79 Å². The molecule has 6 heteroatoms. The molecule has 0 spiro atoms. The van der Waals surface area contributed by atoms with Gasteiger partial charge >= 0.3 is 5.97 Å². The lowest BCUT2D eigenvalue weighted by atomic mass is 9.81. The fraction of sp³-hybridized carbons (Fsp3) is 0.846. The number of hydrogen-bond donors (Lipinski definition) is 3. The number of carbonyl (C=O) groups is 2. The number of carboxylic acids is 1. The minimum atomic E-state index is -1.03. The van der Waals surface area contributed by atoms with Crippen molar-refractivity contribution in [2.24, 2.45) is 5.41 Å². The van der Waals surface area contributed by atoms with E-state index in [0.29, 0.717) is 6.54 Å². The molecule has 0 aromatic rings. The lowest BCUT2D eigenvalue weighted by molar-refractivity contribution is -0.153. The Kier molecular flexibility index (Phi) is 4.10. The summed E-state index contributed by atoms with van der Waals surface area (Å²) in [6, 6.07) is -0.878. The van der Waals surface area contributed by atoms with Crippen LogP contribution >= 0.6 is 0 Å². The Hall–Kier alpha value is -1.14. The van der Waals surface area contributed by atoms with Gasteiger partial charge in [0.2, 0.25) is 5.91 Å². The van der Waals surface area contributed by atoms with Crippen molar-refractivity contribution in [3.63, 3.8) is 0 Å². The van der Waals surface area contributed by atoms with Gasteiger partial charge in [-0.1, -0.05) is 13.3 Å². The average Bonchev–Trinajstić information content (AvgIpc) is 2.96. The van der Waals surface area contributed by atoms with Crippen molar-refractivity contribution in [3.8, 4) is 0 Å². The molecule has 2 rings (SSSR count). The molecule has 0 radical (unpaired) electrons. The summed E-state index contributed by atoms with van der Waals surface area (Å²) in [5.74, 6) is -1.13. The van der Waals surface area contributed by atoms with E-state index < -0.39 is 23.5 Å². The van der Waals surface area contributed by atoms with E-state index >= 15 is 0 Å². The lowest BCUT2D eigenvalue weighted by Crippen LogP contribution is -2.49. The molecule has 0 bridgehead atoms.